The number of aliphatic hydroxyl groups excluding tert-OH is 1. The first-order valence-electron chi connectivity index (χ1n) is 6.25. The van der Waals surface area contributed by atoms with Gasteiger partial charge in [-0.05, 0) is 37.0 Å². The summed E-state index contributed by atoms with van der Waals surface area (Å²) < 4.78 is 38.5. The fourth-order valence-electron chi connectivity index (χ4n) is 2.68. The van der Waals surface area contributed by atoms with E-state index >= 15 is 0 Å². The average molecular weight is 258 g/mol. The fraction of sp³-hybridized carbons (Fsp3) is 0.571. The van der Waals surface area contributed by atoms with Crippen LogP contribution in [-0.2, 0) is 6.18 Å². The molecular formula is C14H17F3O. The van der Waals surface area contributed by atoms with E-state index in [-0.39, 0.29) is 11.5 Å². The van der Waals surface area contributed by atoms with Crippen molar-refractivity contribution in [3.63, 3.8) is 0 Å². The van der Waals surface area contributed by atoms with Gasteiger partial charge in [0.05, 0.1) is 11.7 Å². The number of halogens is 3. The van der Waals surface area contributed by atoms with Gasteiger partial charge in [0.2, 0.25) is 0 Å². The lowest BCUT2D eigenvalue weighted by Gasteiger charge is -2.28. The lowest BCUT2D eigenvalue weighted by Crippen LogP contribution is -2.23. The van der Waals surface area contributed by atoms with Gasteiger partial charge in [0, 0.05) is 5.92 Å². The molecule has 1 aromatic rings. The van der Waals surface area contributed by atoms with E-state index in [1.807, 2.05) is 0 Å². The van der Waals surface area contributed by atoms with Crippen LogP contribution in [0.15, 0.2) is 18.2 Å². The highest BCUT2D eigenvalue weighted by molar-refractivity contribution is 5.35. The van der Waals surface area contributed by atoms with E-state index < -0.39 is 17.8 Å². The van der Waals surface area contributed by atoms with Gasteiger partial charge in [0.15, 0.2) is 0 Å². The largest absolute Gasteiger partial charge is 0.416 e. The Balaban J connectivity index is 2.34. The summed E-state index contributed by atoms with van der Waals surface area (Å²) in [6.07, 6.45) is -1.46. The molecule has 0 saturated heterocycles. The zero-order valence-electron chi connectivity index (χ0n) is 10.3. The van der Waals surface area contributed by atoms with Gasteiger partial charge in [-0.15, -0.1) is 0 Å². The number of aryl methyl sites for hydroxylation is 1. The minimum absolute atomic E-state index is 0.152. The zero-order chi connectivity index (χ0) is 13.3. The second kappa shape index (κ2) is 4.92. The number of aliphatic hydroxyl groups is 1. The van der Waals surface area contributed by atoms with E-state index in [9.17, 15) is 18.3 Å². The number of hydrogen-bond acceptors (Lipinski definition) is 1. The SMILES string of the molecule is Cc1ccc([C@H]2CCCC[C@H]2O)cc1C(F)(F)F. The van der Waals surface area contributed by atoms with Crippen molar-refractivity contribution in [2.45, 2.75) is 50.8 Å². The predicted molar refractivity (Wildman–Crippen MR) is 63.4 cm³/mol. The minimum Gasteiger partial charge on any atom is -0.392 e. The van der Waals surface area contributed by atoms with Crippen LogP contribution >= 0.6 is 0 Å². The van der Waals surface area contributed by atoms with Crippen molar-refractivity contribution < 1.29 is 18.3 Å². The quantitative estimate of drug-likeness (QED) is 0.806. The molecule has 1 fully saturated rings. The monoisotopic (exact) mass is 258 g/mol. The standard InChI is InChI=1S/C14H17F3O/c1-9-6-7-10(8-12(9)14(15,16)17)11-4-2-3-5-13(11)18/h6-8,11,13,18H,2-5H2,1H3/t11-,13-/m1/s1. The highest BCUT2D eigenvalue weighted by Crippen LogP contribution is 2.37. The first kappa shape index (κ1) is 13.4. The Bertz CT molecular complexity index is 426. The molecule has 1 aromatic carbocycles. The number of benzene rings is 1. The number of hydrogen-bond donors (Lipinski definition) is 1. The van der Waals surface area contributed by atoms with Gasteiger partial charge in [-0.25, -0.2) is 0 Å². The summed E-state index contributed by atoms with van der Waals surface area (Å²) in [5.41, 5.74) is 0.259. The van der Waals surface area contributed by atoms with Crippen molar-refractivity contribution in [2.75, 3.05) is 0 Å². The maximum atomic E-state index is 12.8. The predicted octanol–water partition coefficient (Wildman–Crippen LogP) is 4.03. The van der Waals surface area contributed by atoms with E-state index in [0.717, 1.165) is 19.3 Å². The molecule has 0 heterocycles. The smallest absolute Gasteiger partial charge is 0.392 e. The number of alkyl halides is 3. The molecule has 4 heteroatoms. The zero-order valence-corrected chi connectivity index (χ0v) is 10.3. The molecule has 1 nitrogen and oxygen atoms in total. The Morgan fingerprint density at radius 3 is 2.44 bits per heavy atom. The first-order valence-corrected chi connectivity index (χ1v) is 6.25. The summed E-state index contributed by atoms with van der Waals surface area (Å²) in [7, 11) is 0. The van der Waals surface area contributed by atoms with Crippen LogP contribution in [-0.4, -0.2) is 11.2 Å². The van der Waals surface area contributed by atoms with Crippen molar-refractivity contribution in [1.29, 1.82) is 0 Å². The molecule has 0 radical (unpaired) electrons. The highest BCUT2D eigenvalue weighted by atomic mass is 19.4. The summed E-state index contributed by atoms with van der Waals surface area (Å²) in [6, 6.07) is 4.41. The molecule has 0 amide bonds. The maximum absolute atomic E-state index is 12.8. The van der Waals surface area contributed by atoms with Gasteiger partial charge in [0.1, 0.15) is 0 Å². The van der Waals surface area contributed by atoms with Crippen LogP contribution in [0.1, 0.15) is 48.3 Å². The van der Waals surface area contributed by atoms with Gasteiger partial charge in [-0.2, -0.15) is 13.2 Å². The lowest BCUT2D eigenvalue weighted by molar-refractivity contribution is -0.138. The van der Waals surface area contributed by atoms with Crippen LogP contribution in [0.3, 0.4) is 0 Å². The van der Waals surface area contributed by atoms with E-state index in [1.54, 1.807) is 6.07 Å². The maximum Gasteiger partial charge on any atom is 0.416 e. The molecule has 0 aliphatic heterocycles. The van der Waals surface area contributed by atoms with Crippen molar-refractivity contribution >= 4 is 0 Å². The van der Waals surface area contributed by atoms with Gasteiger partial charge >= 0.3 is 6.18 Å². The second-order valence-corrected chi connectivity index (χ2v) is 5.03. The van der Waals surface area contributed by atoms with Crippen LogP contribution in [0.25, 0.3) is 0 Å². The van der Waals surface area contributed by atoms with Crippen molar-refractivity contribution in [2.24, 2.45) is 0 Å². The van der Waals surface area contributed by atoms with E-state index in [1.165, 1.54) is 19.1 Å². The highest BCUT2D eigenvalue weighted by Gasteiger charge is 2.34. The Morgan fingerprint density at radius 1 is 1.17 bits per heavy atom. The second-order valence-electron chi connectivity index (χ2n) is 5.03. The van der Waals surface area contributed by atoms with Gasteiger partial charge < -0.3 is 5.11 Å². The van der Waals surface area contributed by atoms with Gasteiger partial charge in [-0.3, -0.25) is 0 Å². The summed E-state index contributed by atoms with van der Waals surface area (Å²) in [5, 5.41) is 9.90. The summed E-state index contributed by atoms with van der Waals surface area (Å²) >= 11 is 0. The Morgan fingerprint density at radius 2 is 1.83 bits per heavy atom. The molecule has 0 unspecified atom stereocenters. The van der Waals surface area contributed by atoms with Crippen LogP contribution < -0.4 is 0 Å². The number of rotatable bonds is 1. The van der Waals surface area contributed by atoms with E-state index in [4.69, 9.17) is 0 Å². The Hall–Kier alpha value is -1.03. The molecule has 0 spiro atoms. The van der Waals surface area contributed by atoms with Crippen molar-refractivity contribution in [3.8, 4) is 0 Å². The molecule has 1 aliphatic rings. The molecule has 2 rings (SSSR count). The summed E-state index contributed by atoms with van der Waals surface area (Å²) in [4.78, 5) is 0. The van der Waals surface area contributed by atoms with Gasteiger partial charge in [0.25, 0.3) is 0 Å². The Labute approximate surface area is 105 Å². The molecule has 18 heavy (non-hydrogen) atoms. The normalized spacial score (nSPS) is 25.2. The summed E-state index contributed by atoms with van der Waals surface area (Å²) in [5.74, 6) is -0.152. The molecule has 1 aliphatic carbocycles. The molecular weight excluding hydrogens is 241 g/mol. The summed E-state index contributed by atoms with van der Waals surface area (Å²) in [6.45, 7) is 1.46. The lowest BCUT2D eigenvalue weighted by atomic mass is 9.81. The molecule has 100 valence electrons. The molecule has 0 bridgehead atoms. The van der Waals surface area contributed by atoms with Crippen molar-refractivity contribution in [1.82, 2.24) is 0 Å². The van der Waals surface area contributed by atoms with Crippen molar-refractivity contribution in [3.05, 3.63) is 34.9 Å². The molecule has 2 atom stereocenters. The minimum atomic E-state index is -4.32. The van der Waals surface area contributed by atoms with Gasteiger partial charge in [-0.1, -0.05) is 25.0 Å². The third-order valence-electron chi connectivity index (χ3n) is 3.72. The third kappa shape index (κ3) is 2.69. The molecule has 0 aromatic heterocycles. The van der Waals surface area contributed by atoms with Crippen LogP contribution in [0, 0.1) is 6.92 Å². The topological polar surface area (TPSA) is 20.2 Å². The van der Waals surface area contributed by atoms with Crippen LogP contribution in [0.2, 0.25) is 0 Å². The molecule has 1 N–H and O–H groups in total. The van der Waals surface area contributed by atoms with Crippen LogP contribution in [0.4, 0.5) is 13.2 Å². The Kier molecular flexibility index (Phi) is 3.66. The average Bonchev–Trinajstić information content (AvgIpc) is 2.29. The van der Waals surface area contributed by atoms with Crippen LogP contribution in [0.5, 0.6) is 0 Å². The fourth-order valence-corrected chi connectivity index (χ4v) is 2.68. The van der Waals surface area contributed by atoms with E-state index in [0.29, 0.717) is 12.0 Å². The molecule has 1 saturated carbocycles. The third-order valence-corrected chi connectivity index (χ3v) is 3.72. The first-order chi connectivity index (χ1) is 8.39. The van der Waals surface area contributed by atoms with E-state index in [2.05, 4.69) is 0 Å².